The molecule has 2 aromatic rings. The van der Waals surface area contributed by atoms with Crippen LogP contribution in [-0.2, 0) is 4.79 Å². The Hall–Kier alpha value is -2.08. The van der Waals surface area contributed by atoms with Crippen LogP contribution in [0.3, 0.4) is 0 Å². The minimum atomic E-state index is -0.646. The predicted molar refractivity (Wildman–Crippen MR) is 118 cm³/mol. The van der Waals surface area contributed by atoms with E-state index in [0.29, 0.717) is 28.8 Å². The maximum atomic E-state index is 15.3. The summed E-state index contributed by atoms with van der Waals surface area (Å²) in [7, 11) is 0. The van der Waals surface area contributed by atoms with E-state index >= 15 is 4.39 Å². The molecule has 5 rings (SSSR count). The van der Waals surface area contributed by atoms with E-state index in [9.17, 15) is 9.90 Å². The van der Waals surface area contributed by atoms with Gasteiger partial charge in [-0.2, -0.15) is 0 Å². The molecule has 5 atom stereocenters. The van der Waals surface area contributed by atoms with E-state index in [1.165, 1.54) is 0 Å². The average Bonchev–Trinajstić information content (AvgIpc) is 3.11. The van der Waals surface area contributed by atoms with Gasteiger partial charge in [0.05, 0.1) is 17.6 Å². The highest BCUT2D eigenvalue weighted by Gasteiger charge is 2.57. The van der Waals surface area contributed by atoms with Gasteiger partial charge in [-0.25, -0.2) is 4.39 Å². The molecule has 6 heteroatoms. The van der Waals surface area contributed by atoms with Crippen molar-refractivity contribution < 1.29 is 19.0 Å². The zero-order chi connectivity index (χ0) is 22.1. The highest BCUT2D eigenvalue weighted by Crippen LogP contribution is 2.58. The summed E-state index contributed by atoms with van der Waals surface area (Å²) >= 11 is 0. The number of carbonyl (C=O) groups is 1. The molecular weight excluding hydrogens is 395 g/mol. The van der Waals surface area contributed by atoms with E-state index < -0.39 is 17.3 Å². The normalized spacial score (nSPS) is 33.2. The number of aliphatic hydroxyl groups is 1. The van der Waals surface area contributed by atoms with Crippen molar-refractivity contribution in [2.24, 2.45) is 11.3 Å². The van der Waals surface area contributed by atoms with Crippen LogP contribution >= 0.6 is 0 Å². The molecule has 168 valence electrons. The second kappa shape index (κ2) is 6.96. The summed E-state index contributed by atoms with van der Waals surface area (Å²) in [5, 5.41) is 11.5. The number of H-pyrrole nitrogens is 1. The molecule has 5 unspecified atom stereocenters. The van der Waals surface area contributed by atoms with Crippen molar-refractivity contribution in [2.45, 2.75) is 83.5 Å². The van der Waals surface area contributed by atoms with Gasteiger partial charge in [-0.15, -0.1) is 0 Å². The largest absolute Gasteiger partial charge is 0.488 e. The SMILES string of the molecule is CC(C)Oc1ccc2[nH]cc(C(C)C(=O)N3CC4CCC5(O)CC3CC4(C)C5)c2c1F. The Labute approximate surface area is 183 Å². The third-order valence-electron chi connectivity index (χ3n) is 8.11. The van der Waals surface area contributed by atoms with Crippen LogP contribution in [-0.4, -0.2) is 45.2 Å². The first-order chi connectivity index (χ1) is 14.6. The molecule has 1 aromatic heterocycles. The fourth-order valence-corrected chi connectivity index (χ4v) is 6.68. The first-order valence-corrected chi connectivity index (χ1v) is 11.6. The van der Waals surface area contributed by atoms with Gasteiger partial charge in [0.25, 0.3) is 0 Å². The van der Waals surface area contributed by atoms with Gasteiger partial charge in [-0.05, 0) is 81.9 Å². The van der Waals surface area contributed by atoms with E-state index in [0.717, 1.165) is 32.2 Å². The number of fused-ring (bicyclic) bond motifs is 3. The topological polar surface area (TPSA) is 65.6 Å². The molecule has 2 saturated carbocycles. The van der Waals surface area contributed by atoms with Crippen molar-refractivity contribution in [2.75, 3.05) is 6.54 Å². The van der Waals surface area contributed by atoms with Crippen LogP contribution in [0, 0.1) is 17.2 Å². The van der Waals surface area contributed by atoms with Crippen LogP contribution in [0.1, 0.15) is 71.3 Å². The lowest BCUT2D eigenvalue weighted by Crippen LogP contribution is -2.64. The van der Waals surface area contributed by atoms with Crippen molar-refractivity contribution in [3.8, 4) is 5.75 Å². The summed E-state index contributed by atoms with van der Waals surface area (Å²) in [6, 6.07) is 3.50. The summed E-state index contributed by atoms with van der Waals surface area (Å²) in [5.74, 6) is -0.232. The van der Waals surface area contributed by atoms with Crippen molar-refractivity contribution in [1.82, 2.24) is 9.88 Å². The number of piperidine rings is 1. The quantitative estimate of drug-likeness (QED) is 0.739. The van der Waals surface area contributed by atoms with Gasteiger partial charge in [0.1, 0.15) is 0 Å². The number of likely N-dealkylation sites (tertiary alicyclic amines) is 1. The number of nitrogens with zero attached hydrogens (tertiary/aromatic N) is 1. The smallest absolute Gasteiger partial charge is 0.230 e. The van der Waals surface area contributed by atoms with Gasteiger partial charge in [0, 0.05) is 29.7 Å². The molecule has 0 radical (unpaired) electrons. The minimum absolute atomic E-state index is 0.0266. The lowest BCUT2D eigenvalue weighted by molar-refractivity contribution is -0.178. The Bertz CT molecular complexity index is 1030. The number of rotatable bonds is 4. The molecule has 2 heterocycles. The average molecular weight is 429 g/mol. The van der Waals surface area contributed by atoms with Gasteiger partial charge in [0.2, 0.25) is 5.91 Å². The Morgan fingerprint density at radius 1 is 1.32 bits per heavy atom. The van der Waals surface area contributed by atoms with Crippen molar-refractivity contribution in [3.05, 3.63) is 29.7 Å². The molecule has 31 heavy (non-hydrogen) atoms. The Morgan fingerprint density at radius 3 is 2.84 bits per heavy atom. The molecule has 3 bridgehead atoms. The number of aromatic amines is 1. The van der Waals surface area contributed by atoms with Crippen molar-refractivity contribution >= 4 is 16.8 Å². The van der Waals surface area contributed by atoms with Crippen LogP contribution in [0.2, 0.25) is 0 Å². The molecule has 1 saturated heterocycles. The molecule has 2 N–H and O–H groups in total. The van der Waals surface area contributed by atoms with E-state index in [-0.39, 0.29) is 29.2 Å². The van der Waals surface area contributed by atoms with Gasteiger partial charge in [-0.3, -0.25) is 4.79 Å². The van der Waals surface area contributed by atoms with Gasteiger partial charge in [-0.1, -0.05) is 6.92 Å². The van der Waals surface area contributed by atoms with Gasteiger partial charge >= 0.3 is 0 Å². The third kappa shape index (κ3) is 3.25. The van der Waals surface area contributed by atoms with Crippen molar-refractivity contribution in [1.29, 1.82) is 0 Å². The minimum Gasteiger partial charge on any atom is -0.488 e. The first kappa shape index (κ1) is 20.8. The molecule has 3 aliphatic rings. The van der Waals surface area contributed by atoms with E-state index in [2.05, 4.69) is 11.9 Å². The van der Waals surface area contributed by atoms with Gasteiger partial charge < -0.3 is 19.7 Å². The monoisotopic (exact) mass is 428 g/mol. The van der Waals surface area contributed by atoms with E-state index in [4.69, 9.17) is 4.74 Å². The first-order valence-electron chi connectivity index (χ1n) is 11.6. The molecule has 1 amide bonds. The number of ether oxygens (including phenoxy) is 1. The Morgan fingerprint density at radius 2 is 2.10 bits per heavy atom. The fourth-order valence-electron chi connectivity index (χ4n) is 6.68. The lowest BCUT2D eigenvalue weighted by atomic mass is 9.52. The summed E-state index contributed by atoms with van der Waals surface area (Å²) in [6.45, 7) is 8.62. The standard InChI is InChI=1S/C25H33FN2O3/c1-14(2)31-20-6-5-19-21(22(20)26)18(11-27-19)15(3)23(29)28-12-16-7-8-25(30)10-17(28)9-24(16,4)13-25/h5-6,11,14-17,27,30H,7-10,12-13H2,1-4H3. The zero-order valence-corrected chi connectivity index (χ0v) is 18.9. The molecule has 2 aliphatic carbocycles. The third-order valence-corrected chi connectivity index (χ3v) is 8.11. The van der Waals surface area contributed by atoms with Crippen LogP contribution in [0.4, 0.5) is 4.39 Å². The molecule has 1 aliphatic heterocycles. The number of nitrogens with one attached hydrogen (secondary N) is 1. The molecular formula is C25H33FN2O3. The number of halogens is 1. The number of hydrogen-bond donors (Lipinski definition) is 2. The molecule has 3 fully saturated rings. The van der Waals surface area contributed by atoms with Crippen LogP contribution in [0.5, 0.6) is 5.75 Å². The van der Waals surface area contributed by atoms with E-state index in [1.807, 2.05) is 25.7 Å². The lowest BCUT2D eigenvalue weighted by Gasteiger charge is -2.61. The second-order valence-electron chi connectivity index (χ2n) is 10.8. The second-order valence-corrected chi connectivity index (χ2v) is 10.8. The summed E-state index contributed by atoms with van der Waals surface area (Å²) in [4.78, 5) is 18.8. The molecule has 1 aromatic carbocycles. The summed E-state index contributed by atoms with van der Waals surface area (Å²) < 4.78 is 20.9. The number of amides is 1. The maximum Gasteiger partial charge on any atom is 0.230 e. The molecule has 5 nitrogen and oxygen atoms in total. The van der Waals surface area contributed by atoms with Gasteiger partial charge in [0.15, 0.2) is 11.6 Å². The van der Waals surface area contributed by atoms with Crippen LogP contribution in [0.15, 0.2) is 18.3 Å². The van der Waals surface area contributed by atoms with Crippen LogP contribution in [0.25, 0.3) is 10.9 Å². The maximum absolute atomic E-state index is 15.3. The number of benzene rings is 1. The zero-order valence-electron chi connectivity index (χ0n) is 18.9. The fraction of sp³-hybridized carbons (Fsp3) is 0.640. The number of aromatic nitrogens is 1. The summed E-state index contributed by atoms with van der Waals surface area (Å²) in [6.07, 6.45) is 5.89. The summed E-state index contributed by atoms with van der Waals surface area (Å²) in [5.41, 5.74) is 0.804. The predicted octanol–water partition coefficient (Wildman–Crippen LogP) is 4.74. The van der Waals surface area contributed by atoms with Crippen LogP contribution < -0.4 is 4.74 Å². The Balaban J connectivity index is 1.46. The van der Waals surface area contributed by atoms with Crippen molar-refractivity contribution in [3.63, 3.8) is 0 Å². The Kier molecular flexibility index (Phi) is 4.67. The number of carbonyl (C=O) groups excluding carboxylic acids is 1. The molecule has 0 spiro atoms. The highest BCUT2D eigenvalue weighted by molar-refractivity contribution is 5.93. The van der Waals surface area contributed by atoms with E-state index in [1.54, 1.807) is 18.3 Å². The highest BCUT2D eigenvalue weighted by atomic mass is 19.1. The number of hydrogen-bond acceptors (Lipinski definition) is 3.